The Labute approximate surface area is 146 Å². The number of hydrogen-bond acceptors (Lipinski definition) is 5. The molecule has 2 fully saturated rings. The molecule has 2 amide bonds. The maximum absolute atomic E-state index is 12.2. The van der Waals surface area contributed by atoms with Gasteiger partial charge in [-0.1, -0.05) is 0 Å². The van der Waals surface area contributed by atoms with Crippen molar-refractivity contribution in [3.05, 3.63) is 18.2 Å². The Bertz CT molecular complexity index is 617. The molecule has 2 N–H and O–H groups in total. The second kappa shape index (κ2) is 7.90. The monoisotopic (exact) mass is 349 g/mol. The third-order valence-electron chi connectivity index (χ3n) is 4.26. The Morgan fingerprint density at radius 3 is 3.04 bits per heavy atom. The van der Waals surface area contributed by atoms with Crippen LogP contribution in [0.5, 0.6) is 5.75 Å². The van der Waals surface area contributed by atoms with E-state index < -0.39 is 0 Å². The molecule has 1 atom stereocenters. The van der Waals surface area contributed by atoms with E-state index in [2.05, 4.69) is 10.6 Å². The summed E-state index contributed by atoms with van der Waals surface area (Å²) < 4.78 is 5.42. The van der Waals surface area contributed by atoms with Gasteiger partial charge < -0.3 is 20.3 Å². The van der Waals surface area contributed by atoms with Gasteiger partial charge in [0.2, 0.25) is 11.8 Å². The fourth-order valence-corrected chi connectivity index (χ4v) is 4.02. The average Bonchev–Trinajstić information content (AvgIpc) is 3.01. The Kier molecular flexibility index (Phi) is 5.63. The smallest absolute Gasteiger partial charge is 0.227 e. The van der Waals surface area contributed by atoms with Crippen LogP contribution >= 0.6 is 11.8 Å². The average molecular weight is 349 g/mol. The minimum Gasteiger partial charge on any atom is -0.494 e. The van der Waals surface area contributed by atoms with Gasteiger partial charge in [-0.15, -0.1) is 0 Å². The van der Waals surface area contributed by atoms with Gasteiger partial charge in [-0.25, -0.2) is 0 Å². The van der Waals surface area contributed by atoms with Gasteiger partial charge in [0.05, 0.1) is 12.8 Å². The van der Waals surface area contributed by atoms with E-state index in [0.29, 0.717) is 30.8 Å². The molecular formula is C17H23N3O3S. The summed E-state index contributed by atoms with van der Waals surface area (Å²) in [6.45, 7) is 1.67. The van der Waals surface area contributed by atoms with Gasteiger partial charge in [0.25, 0.3) is 0 Å². The number of anilines is 2. The lowest BCUT2D eigenvalue weighted by Crippen LogP contribution is -2.39. The van der Waals surface area contributed by atoms with Crippen LogP contribution in [0.25, 0.3) is 0 Å². The number of ether oxygens (including phenoxy) is 1. The summed E-state index contributed by atoms with van der Waals surface area (Å²) in [5.74, 6) is 2.78. The van der Waals surface area contributed by atoms with Crippen molar-refractivity contribution in [1.82, 2.24) is 5.32 Å². The van der Waals surface area contributed by atoms with Crippen LogP contribution < -0.4 is 20.3 Å². The van der Waals surface area contributed by atoms with Crippen molar-refractivity contribution in [3.8, 4) is 5.75 Å². The summed E-state index contributed by atoms with van der Waals surface area (Å²) in [7, 11) is 1.58. The van der Waals surface area contributed by atoms with E-state index in [9.17, 15) is 9.59 Å². The van der Waals surface area contributed by atoms with Gasteiger partial charge in [0, 0.05) is 55.2 Å². The number of benzene rings is 1. The van der Waals surface area contributed by atoms with Gasteiger partial charge >= 0.3 is 0 Å². The number of hydrogen-bond donors (Lipinski definition) is 2. The van der Waals surface area contributed by atoms with Crippen molar-refractivity contribution < 1.29 is 14.3 Å². The van der Waals surface area contributed by atoms with Gasteiger partial charge in [0.15, 0.2) is 0 Å². The first-order chi connectivity index (χ1) is 11.7. The largest absolute Gasteiger partial charge is 0.494 e. The van der Waals surface area contributed by atoms with Crippen LogP contribution in [0.15, 0.2) is 18.2 Å². The molecule has 1 unspecified atom stereocenters. The normalized spacial score (nSPS) is 21.0. The number of carbonyl (C=O) groups is 2. The van der Waals surface area contributed by atoms with Crippen LogP contribution in [0, 0.1) is 0 Å². The zero-order valence-corrected chi connectivity index (χ0v) is 14.7. The topological polar surface area (TPSA) is 70.7 Å². The van der Waals surface area contributed by atoms with Gasteiger partial charge in [-0.05, 0) is 18.6 Å². The van der Waals surface area contributed by atoms with Gasteiger partial charge in [-0.3, -0.25) is 9.59 Å². The lowest BCUT2D eigenvalue weighted by Gasteiger charge is -2.23. The lowest BCUT2D eigenvalue weighted by atomic mass is 10.2. The summed E-state index contributed by atoms with van der Waals surface area (Å²) in [4.78, 5) is 25.9. The molecule has 0 spiro atoms. The van der Waals surface area contributed by atoms with Crippen LogP contribution in [0.2, 0.25) is 0 Å². The molecule has 0 saturated carbocycles. The third kappa shape index (κ3) is 4.02. The van der Waals surface area contributed by atoms with E-state index in [-0.39, 0.29) is 17.9 Å². The number of carbonyl (C=O) groups excluding carboxylic acids is 2. The molecule has 1 aromatic rings. The standard InChI is InChI=1S/C17H23N3O3S/c1-23-15-9-12(4-5-14(15)20-7-2-3-17(20)22)19-16(21)10-13-11-24-8-6-18-13/h4-5,9,13,18H,2-3,6-8,10-11H2,1H3,(H,19,21). The van der Waals surface area contributed by atoms with Crippen LogP contribution in [-0.4, -0.2) is 49.6 Å². The van der Waals surface area contributed by atoms with Crippen molar-refractivity contribution in [1.29, 1.82) is 0 Å². The van der Waals surface area contributed by atoms with Crippen LogP contribution in [0.1, 0.15) is 19.3 Å². The zero-order chi connectivity index (χ0) is 16.9. The van der Waals surface area contributed by atoms with E-state index in [1.165, 1.54) is 0 Å². The van der Waals surface area contributed by atoms with E-state index in [0.717, 1.165) is 30.2 Å². The highest BCUT2D eigenvalue weighted by Gasteiger charge is 2.24. The van der Waals surface area contributed by atoms with Gasteiger partial charge in [-0.2, -0.15) is 11.8 Å². The molecule has 7 heteroatoms. The maximum atomic E-state index is 12.2. The number of rotatable bonds is 5. The minimum absolute atomic E-state index is 0.0120. The Morgan fingerprint density at radius 1 is 1.50 bits per heavy atom. The first-order valence-electron chi connectivity index (χ1n) is 8.27. The van der Waals surface area contributed by atoms with Crippen LogP contribution in [0.3, 0.4) is 0 Å². The quantitative estimate of drug-likeness (QED) is 0.849. The fourth-order valence-electron chi connectivity index (χ4n) is 3.07. The van der Waals surface area contributed by atoms with Crippen molar-refractivity contribution in [2.24, 2.45) is 0 Å². The maximum Gasteiger partial charge on any atom is 0.227 e. The highest BCUT2D eigenvalue weighted by atomic mass is 32.2. The number of methoxy groups -OCH3 is 1. The van der Waals surface area contributed by atoms with Crippen molar-refractivity contribution in [2.45, 2.75) is 25.3 Å². The molecule has 3 rings (SSSR count). The molecule has 2 aliphatic rings. The molecule has 24 heavy (non-hydrogen) atoms. The molecule has 6 nitrogen and oxygen atoms in total. The van der Waals surface area contributed by atoms with Crippen molar-refractivity contribution >= 4 is 35.0 Å². The van der Waals surface area contributed by atoms with E-state index in [1.54, 1.807) is 18.1 Å². The molecule has 0 aromatic heterocycles. The summed E-state index contributed by atoms with van der Waals surface area (Å²) in [6, 6.07) is 5.67. The second-order valence-electron chi connectivity index (χ2n) is 6.01. The molecule has 130 valence electrons. The zero-order valence-electron chi connectivity index (χ0n) is 13.8. The summed E-state index contributed by atoms with van der Waals surface area (Å²) >= 11 is 1.87. The molecule has 1 aromatic carbocycles. The molecule has 0 bridgehead atoms. The highest BCUT2D eigenvalue weighted by Crippen LogP contribution is 2.33. The number of amides is 2. The number of nitrogens with zero attached hydrogens (tertiary/aromatic N) is 1. The van der Waals surface area contributed by atoms with Crippen molar-refractivity contribution in [2.75, 3.05) is 41.9 Å². The predicted molar refractivity (Wildman–Crippen MR) is 96.9 cm³/mol. The molecule has 2 saturated heterocycles. The molecule has 2 heterocycles. The number of thioether (sulfide) groups is 1. The fraction of sp³-hybridized carbons (Fsp3) is 0.529. The lowest BCUT2D eigenvalue weighted by molar-refractivity contribution is -0.117. The third-order valence-corrected chi connectivity index (χ3v) is 5.39. The summed E-state index contributed by atoms with van der Waals surface area (Å²) in [5, 5.41) is 6.28. The van der Waals surface area contributed by atoms with E-state index in [4.69, 9.17) is 4.74 Å². The van der Waals surface area contributed by atoms with E-state index >= 15 is 0 Å². The first-order valence-corrected chi connectivity index (χ1v) is 9.42. The van der Waals surface area contributed by atoms with Crippen LogP contribution in [0.4, 0.5) is 11.4 Å². The van der Waals surface area contributed by atoms with Gasteiger partial charge in [0.1, 0.15) is 5.75 Å². The summed E-state index contributed by atoms with van der Waals surface area (Å²) in [5.41, 5.74) is 1.46. The molecule has 0 aliphatic carbocycles. The minimum atomic E-state index is -0.0120. The SMILES string of the molecule is COc1cc(NC(=O)CC2CSCCN2)ccc1N1CCCC1=O. The molecule has 2 aliphatic heterocycles. The highest BCUT2D eigenvalue weighted by molar-refractivity contribution is 7.99. The van der Waals surface area contributed by atoms with Crippen LogP contribution in [-0.2, 0) is 9.59 Å². The Balaban J connectivity index is 1.65. The molecular weight excluding hydrogens is 326 g/mol. The first kappa shape index (κ1) is 17.1. The number of nitrogens with one attached hydrogen (secondary N) is 2. The Hall–Kier alpha value is -1.73. The van der Waals surface area contributed by atoms with E-state index in [1.807, 2.05) is 23.9 Å². The Morgan fingerprint density at radius 2 is 2.38 bits per heavy atom. The van der Waals surface area contributed by atoms with Crippen molar-refractivity contribution in [3.63, 3.8) is 0 Å². The predicted octanol–water partition coefficient (Wildman–Crippen LogP) is 1.86. The molecule has 0 radical (unpaired) electrons. The summed E-state index contributed by atoms with van der Waals surface area (Å²) in [6.07, 6.45) is 1.91. The second-order valence-corrected chi connectivity index (χ2v) is 7.16.